The van der Waals surface area contributed by atoms with Gasteiger partial charge in [0, 0.05) is 23.0 Å². The van der Waals surface area contributed by atoms with Crippen LogP contribution < -0.4 is 0 Å². The SMILES string of the molecule is [O]c1c#csn1. The van der Waals surface area contributed by atoms with Gasteiger partial charge in [-0.15, -0.1) is 4.37 Å². The maximum Gasteiger partial charge on any atom is 0.333 e. The average molecular weight is 98.1 g/mol. The first-order chi connectivity index (χ1) is 2.89. The summed E-state index contributed by atoms with van der Waals surface area (Å²) in [5.41, 5.74) is 0. The third-order valence-electron chi connectivity index (χ3n) is 0.332. The van der Waals surface area contributed by atoms with Crippen LogP contribution in [0.5, 0.6) is 5.88 Å². The molecule has 0 atom stereocenters. The summed E-state index contributed by atoms with van der Waals surface area (Å²) in [6.45, 7) is 0. The number of aromatic nitrogens is 1. The van der Waals surface area contributed by atoms with Crippen molar-refractivity contribution >= 4 is 11.5 Å². The van der Waals surface area contributed by atoms with E-state index in [1.54, 1.807) is 0 Å². The molecule has 0 aliphatic carbocycles. The zero-order chi connectivity index (χ0) is 4.41. The monoisotopic (exact) mass is 98.0 g/mol. The van der Waals surface area contributed by atoms with Crippen molar-refractivity contribution < 1.29 is 5.11 Å². The lowest BCUT2D eigenvalue weighted by molar-refractivity contribution is 0.342. The van der Waals surface area contributed by atoms with Crippen molar-refractivity contribution in [1.82, 2.24) is 4.37 Å². The van der Waals surface area contributed by atoms with Gasteiger partial charge in [0.05, 0.1) is 0 Å². The molecule has 0 amide bonds. The molecule has 0 saturated carbocycles. The first kappa shape index (κ1) is 3.44. The Morgan fingerprint density at radius 3 is 2.83 bits per heavy atom. The van der Waals surface area contributed by atoms with Crippen molar-refractivity contribution in [1.29, 1.82) is 0 Å². The third-order valence-corrected chi connectivity index (χ3v) is 0.783. The summed E-state index contributed by atoms with van der Waals surface area (Å²) in [5, 5.41) is 12.3. The largest absolute Gasteiger partial charge is 0.333 e. The molecule has 29 valence electrons. The molecule has 0 aliphatic rings. The van der Waals surface area contributed by atoms with Crippen LogP contribution in [0.25, 0.3) is 0 Å². The van der Waals surface area contributed by atoms with Crippen LogP contribution >= 0.6 is 11.5 Å². The number of hydrogen-bond acceptors (Lipinski definition) is 2. The number of nitrogens with zero attached hydrogens (tertiary/aromatic N) is 1. The van der Waals surface area contributed by atoms with Crippen LogP contribution in [0, 0.1) is 11.4 Å². The highest BCUT2D eigenvalue weighted by molar-refractivity contribution is 7.02. The minimum atomic E-state index is -0.319. The predicted octanol–water partition coefficient (Wildman–Crippen LogP) is 0.887. The molecule has 0 unspecified atom stereocenters. The quantitative estimate of drug-likeness (QED) is 0.474. The van der Waals surface area contributed by atoms with Gasteiger partial charge in [-0.2, -0.15) is 0 Å². The molecule has 6 heavy (non-hydrogen) atoms. The smallest absolute Gasteiger partial charge is 0.256 e. The fourth-order valence-electron chi connectivity index (χ4n) is 0.154. The van der Waals surface area contributed by atoms with E-state index in [0.29, 0.717) is 0 Å². The lowest BCUT2D eigenvalue weighted by Crippen LogP contribution is -1.46. The Kier molecular flexibility index (Phi) is 0.659. The van der Waals surface area contributed by atoms with Gasteiger partial charge in [-0.25, -0.2) is 0 Å². The molecule has 0 aromatic carbocycles. The van der Waals surface area contributed by atoms with Crippen LogP contribution in [-0.2, 0) is 5.11 Å². The molecule has 2 nitrogen and oxygen atoms in total. The van der Waals surface area contributed by atoms with Crippen molar-refractivity contribution in [3.05, 3.63) is 11.4 Å². The third kappa shape index (κ3) is 0.421. The van der Waals surface area contributed by atoms with E-state index in [4.69, 9.17) is 0 Å². The van der Waals surface area contributed by atoms with E-state index < -0.39 is 0 Å². The van der Waals surface area contributed by atoms with Gasteiger partial charge in [0.1, 0.15) is 0 Å². The molecule has 0 aliphatic heterocycles. The van der Waals surface area contributed by atoms with Gasteiger partial charge < -0.3 is 0 Å². The molecule has 1 aromatic rings. The number of rotatable bonds is 0. The molecule has 1 rings (SSSR count). The van der Waals surface area contributed by atoms with Crippen molar-refractivity contribution in [3.8, 4) is 5.88 Å². The van der Waals surface area contributed by atoms with Crippen molar-refractivity contribution in [2.75, 3.05) is 0 Å². The van der Waals surface area contributed by atoms with Gasteiger partial charge in [0.2, 0.25) is 0 Å². The summed E-state index contributed by atoms with van der Waals surface area (Å²) in [4.78, 5) is 0. The average Bonchev–Trinajstić information content (AvgIpc) is 1.86. The van der Waals surface area contributed by atoms with Crippen LogP contribution in [0.2, 0.25) is 0 Å². The van der Waals surface area contributed by atoms with Crippen LogP contribution in [0.15, 0.2) is 0 Å². The second-order valence-corrected chi connectivity index (χ2v) is 1.28. The van der Waals surface area contributed by atoms with Gasteiger partial charge in [0.15, 0.2) is 0 Å². The molecule has 0 fully saturated rings. The van der Waals surface area contributed by atoms with E-state index in [9.17, 15) is 5.11 Å². The molecule has 0 bridgehead atoms. The van der Waals surface area contributed by atoms with Crippen LogP contribution in [0.3, 0.4) is 0 Å². The minimum absolute atomic E-state index is 0.319. The molecule has 0 spiro atoms. The summed E-state index contributed by atoms with van der Waals surface area (Å²) in [6.07, 6.45) is 0. The Morgan fingerprint density at radius 1 is 1.83 bits per heavy atom. The molecular formula is C3NOS. The molecular weight excluding hydrogens is 98.1 g/mol. The maximum absolute atomic E-state index is 9.88. The summed E-state index contributed by atoms with van der Waals surface area (Å²) < 4.78 is 3.29. The summed E-state index contributed by atoms with van der Waals surface area (Å²) in [5.74, 6) is -0.319. The second kappa shape index (κ2) is 1.15. The van der Waals surface area contributed by atoms with Gasteiger partial charge in [-0.05, 0) is 0 Å². The zero-order valence-corrected chi connectivity index (χ0v) is 3.58. The zero-order valence-electron chi connectivity index (χ0n) is 2.76. The molecule has 1 radical (unpaired) electrons. The van der Waals surface area contributed by atoms with Gasteiger partial charge >= 0.3 is 5.88 Å². The predicted molar refractivity (Wildman–Crippen MR) is 19.9 cm³/mol. The van der Waals surface area contributed by atoms with E-state index in [1.807, 2.05) is 0 Å². The van der Waals surface area contributed by atoms with Gasteiger partial charge in [0.25, 0.3) is 0 Å². The Morgan fingerprint density at radius 2 is 2.67 bits per heavy atom. The molecule has 3 heteroatoms. The van der Waals surface area contributed by atoms with E-state index in [2.05, 4.69) is 15.8 Å². The Bertz CT molecular complexity index is 114. The maximum atomic E-state index is 9.88. The van der Waals surface area contributed by atoms with Crippen molar-refractivity contribution in [2.45, 2.75) is 0 Å². The van der Waals surface area contributed by atoms with Gasteiger partial charge in [-0.1, -0.05) is 0 Å². The second-order valence-electron chi connectivity index (χ2n) is 0.715. The van der Waals surface area contributed by atoms with Crippen LogP contribution in [0.1, 0.15) is 0 Å². The number of hydrogen-bond donors (Lipinski definition) is 0. The minimum Gasteiger partial charge on any atom is -0.256 e. The summed E-state index contributed by atoms with van der Waals surface area (Å²) >= 11 is 0.997. The van der Waals surface area contributed by atoms with Crippen LogP contribution in [0.4, 0.5) is 0 Å². The van der Waals surface area contributed by atoms with Gasteiger partial charge in [-0.3, -0.25) is 5.11 Å². The normalized spacial score (nSPS) is 7.33. The highest BCUT2D eigenvalue weighted by Gasteiger charge is 1.81. The highest BCUT2D eigenvalue weighted by atomic mass is 32.1. The van der Waals surface area contributed by atoms with E-state index in [-0.39, 0.29) is 5.88 Å². The van der Waals surface area contributed by atoms with E-state index in [1.165, 1.54) is 0 Å². The Balaban J connectivity index is 3.05. The van der Waals surface area contributed by atoms with E-state index in [0.717, 1.165) is 11.5 Å². The summed E-state index contributed by atoms with van der Waals surface area (Å²) in [7, 11) is 0. The standard InChI is InChI=1S/C3NOS/c5-3-1-2-6-4-3. The molecule has 0 saturated heterocycles. The Labute approximate surface area is 39.2 Å². The fraction of sp³-hybridized carbons (Fsp3) is 0. The lowest BCUT2D eigenvalue weighted by Gasteiger charge is -1.55. The van der Waals surface area contributed by atoms with Crippen molar-refractivity contribution in [3.63, 3.8) is 0 Å². The van der Waals surface area contributed by atoms with Crippen molar-refractivity contribution in [2.24, 2.45) is 0 Å². The lowest BCUT2D eigenvalue weighted by atomic mass is 10.8. The first-order valence-corrected chi connectivity index (χ1v) is 2.09. The molecule has 1 aromatic heterocycles. The first-order valence-electron chi connectivity index (χ1n) is 1.31. The topological polar surface area (TPSA) is 32.8 Å². The van der Waals surface area contributed by atoms with Crippen LogP contribution in [-0.4, -0.2) is 4.37 Å². The fourth-order valence-corrected chi connectivity index (χ4v) is 0.461. The van der Waals surface area contributed by atoms with E-state index >= 15 is 0 Å². The summed E-state index contributed by atoms with van der Waals surface area (Å²) in [6, 6.07) is 2.23. The Hall–Kier alpha value is -0.750. The molecule has 1 heterocycles. The molecule has 0 N–H and O–H groups in total. The highest BCUT2D eigenvalue weighted by Crippen LogP contribution is 1.97.